The van der Waals surface area contributed by atoms with Crippen molar-refractivity contribution < 1.29 is 33.1 Å². The molecule has 6 amide bonds. The summed E-state index contributed by atoms with van der Waals surface area (Å²) in [5.74, 6) is -3.20. The van der Waals surface area contributed by atoms with Crippen LogP contribution in [0.4, 0.5) is 14.0 Å². The molecule has 0 bridgehead atoms. The molecule has 6 aromatic rings. The van der Waals surface area contributed by atoms with Crippen molar-refractivity contribution in [2.24, 2.45) is 11.8 Å². The van der Waals surface area contributed by atoms with E-state index in [-0.39, 0.29) is 38.3 Å². The molecule has 17 heteroatoms. The second-order valence-corrected chi connectivity index (χ2v) is 17.8. The maximum atomic E-state index is 14.7. The largest absolute Gasteiger partial charge is 0.454 e. The number of fused-ring (bicyclic) bond motifs is 1. The first-order chi connectivity index (χ1) is 33.6. The van der Waals surface area contributed by atoms with Crippen LogP contribution in [0.5, 0.6) is 0 Å². The highest BCUT2D eigenvalue weighted by Crippen LogP contribution is 2.19. The van der Waals surface area contributed by atoms with Crippen LogP contribution in [-0.4, -0.2) is 104 Å². The molecule has 3 heterocycles. The van der Waals surface area contributed by atoms with Crippen molar-refractivity contribution in [1.82, 2.24) is 51.1 Å². The minimum absolute atomic E-state index is 0.00304. The molecule has 0 unspecified atom stereocenters. The summed E-state index contributed by atoms with van der Waals surface area (Å²) in [6.45, 7) is 7.32. The lowest BCUT2D eigenvalue weighted by Crippen LogP contribution is -2.60. The van der Waals surface area contributed by atoms with Crippen molar-refractivity contribution in [3.8, 4) is 0 Å². The monoisotopic (exact) mass is 952 g/mol. The van der Waals surface area contributed by atoms with Gasteiger partial charge in [-0.1, -0.05) is 107 Å². The maximum Gasteiger partial charge on any atom is 0.357 e. The van der Waals surface area contributed by atoms with Crippen molar-refractivity contribution >= 4 is 40.7 Å². The van der Waals surface area contributed by atoms with E-state index in [9.17, 15) is 28.4 Å². The van der Waals surface area contributed by atoms with Crippen molar-refractivity contribution in [2.45, 2.75) is 78.0 Å². The first-order valence-corrected chi connectivity index (χ1v) is 23.2. The van der Waals surface area contributed by atoms with E-state index in [1.165, 1.54) is 26.9 Å². The summed E-state index contributed by atoms with van der Waals surface area (Å²) in [6.07, 6.45) is 2.18. The van der Waals surface area contributed by atoms with Gasteiger partial charge in [-0.15, -0.1) is 0 Å². The number of carbonyl (C=O) groups is 5. The topological polar surface area (TPSA) is 191 Å². The van der Waals surface area contributed by atoms with Crippen LogP contribution in [0, 0.1) is 17.7 Å². The predicted octanol–water partition coefficient (Wildman–Crippen LogP) is 6.68. The van der Waals surface area contributed by atoms with Gasteiger partial charge in [0, 0.05) is 38.4 Å². The number of hydrogen-bond acceptors (Lipinski definition) is 10. The molecule has 0 saturated heterocycles. The Labute approximate surface area is 408 Å². The number of amides is 6. The minimum Gasteiger partial charge on any atom is -0.454 e. The number of esters is 1. The molecule has 0 saturated carbocycles. The van der Waals surface area contributed by atoms with Crippen molar-refractivity contribution in [3.63, 3.8) is 0 Å². The average Bonchev–Trinajstić information content (AvgIpc) is 3.35. The molecule has 3 aromatic heterocycles. The zero-order valence-electron chi connectivity index (χ0n) is 40.3. The number of halogens is 1. The van der Waals surface area contributed by atoms with Crippen LogP contribution in [0.3, 0.4) is 0 Å². The summed E-state index contributed by atoms with van der Waals surface area (Å²) >= 11 is 0. The number of nitrogens with zero attached hydrogens (tertiary/aromatic N) is 6. The van der Waals surface area contributed by atoms with Crippen LogP contribution >= 0.6 is 0 Å². The van der Waals surface area contributed by atoms with E-state index in [4.69, 9.17) is 4.74 Å². The number of rotatable bonds is 21. The fourth-order valence-electron chi connectivity index (χ4n) is 7.61. The van der Waals surface area contributed by atoms with Gasteiger partial charge in [0.2, 0.25) is 5.91 Å². The lowest BCUT2D eigenvalue weighted by atomic mass is 9.98. The van der Waals surface area contributed by atoms with E-state index in [2.05, 4.69) is 36.3 Å². The third-order valence-electron chi connectivity index (χ3n) is 11.5. The lowest BCUT2D eigenvalue weighted by Gasteiger charge is -2.35. The highest BCUT2D eigenvalue weighted by molar-refractivity contribution is 5.91. The maximum absolute atomic E-state index is 14.7. The number of benzene rings is 3. The number of pyridine rings is 3. The summed E-state index contributed by atoms with van der Waals surface area (Å²) in [5, 5.41) is 11.2. The number of para-hydroxylation sites is 1. The van der Waals surface area contributed by atoms with Crippen LogP contribution in [0.15, 0.2) is 140 Å². The van der Waals surface area contributed by atoms with E-state index >= 15 is 0 Å². The summed E-state index contributed by atoms with van der Waals surface area (Å²) < 4.78 is 20.7. The Morgan fingerprint density at radius 3 is 1.73 bits per heavy atom. The molecular weight excluding hydrogens is 892 g/mol. The van der Waals surface area contributed by atoms with Crippen molar-refractivity contribution in [1.29, 1.82) is 0 Å². The molecule has 4 N–H and O–H groups in total. The Hall–Kier alpha value is -7.79. The highest BCUT2D eigenvalue weighted by atomic mass is 19.1. The number of ether oxygens (including phenoxy) is 1. The second kappa shape index (κ2) is 25.0. The molecule has 16 nitrogen and oxygen atoms in total. The second-order valence-electron chi connectivity index (χ2n) is 17.8. The Morgan fingerprint density at radius 2 is 1.16 bits per heavy atom. The van der Waals surface area contributed by atoms with Gasteiger partial charge in [0.25, 0.3) is 5.91 Å². The van der Waals surface area contributed by atoms with E-state index in [0.29, 0.717) is 22.5 Å². The Kier molecular flexibility index (Phi) is 18.4. The van der Waals surface area contributed by atoms with Gasteiger partial charge < -0.3 is 30.5 Å². The van der Waals surface area contributed by atoms with E-state index in [1.807, 2.05) is 54.6 Å². The lowest BCUT2D eigenvalue weighted by molar-refractivity contribution is -0.131. The first-order valence-electron chi connectivity index (χ1n) is 23.2. The number of aromatic nitrogens is 3. The Bertz CT molecular complexity index is 2660. The minimum atomic E-state index is -1.22. The van der Waals surface area contributed by atoms with Crippen LogP contribution in [0.25, 0.3) is 10.9 Å². The third-order valence-corrected chi connectivity index (χ3v) is 11.5. The highest BCUT2D eigenvalue weighted by Gasteiger charge is 2.35. The fraction of sp³-hybridized carbons (Fsp3) is 0.321. The van der Waals surface area contributed by atoms with E-state index < -0.39 is 71.7 Å². The zero-order chi connectivity index (χ0) is 50.2. The molecule has 0 spiro atoms. The number of urea groups is 2. The van der Waals surface area contributed by atoms with Crippen LogP contribution < -0.4 is 21.4 Å². The summed E-state index contributed by atoms with van der Waals surface area (Å²) in [6, 6.07) is 32.3. The zero-order valence-corrected chi connectivity index (χ0v) is 40.3. The number of hydrogen-bond donors (Lipinski definition) is 4. The third kappa shape index (κ3) is 15.1. The summed E-state index contributed by atoms with van der Waals surface area (Å²) in [4.78, 5) is 86.8. The molecule has 6 rings (SSSR count). The standard InChI is InChI=1S/C53H61FN10O6/c1-35(2)47(59-52(68)62(5)32-41-19-12-14-28-55-41)49(65)58-45(30-37-16-8-7-9-17-37)46(70-51(67)44-27-24-39-18-10-11-21-43(39)57-44)34-64(31-38-22-25-40(54)26-23-38)61-50(66)48(36(3)4)60-53(69)63(6)33-42-20-13-15-29-56-42/h7-29,35-36,45-48H,30-34H2,1-6H3,(H,58,65)(H,59,68)(H,60,69)(H,61,66)/t45-,46-,47-,48-/m0/s1. The molecule has 366 valence electrons. The Balaban J connectivity index is 1.35. The summed E-state index contributed by atoms with van der Waals surface area (Å²) in [5.41, 5.74) is 6.21. The van der Waals surface area contributed by atoms with Crippen LogP contribution in [0.2, 0.25) is 0 Å². The van der Waals surface area contributed by atoms with Gasteiger partial charge in [-0.25, -0.2) is 28.8 Å². The van der Waals surface area contributed by atoms with E-state index in [1.54, 1.807) is 115 Å². The number of nitrogens with one attached hydrogen (secondary N) is 4. The molecule has 0 radical (unpaired) electrons. The molecule has 0 aliphatic rings. The SMILES string of the molecule is CC(C)[C@H](NC(=O)N(C)Cc1ccccn1)C(=O)N[C@@H](Cc1ccccc1)[C@H](CN(Cc1ccc(F)cc1)NC(=O)[C@@H](NC(=O)N(C)Cc1ccccn1)C(C)C)OC(=O)c1ccc2ccccc2n1. The smallest absolute Gasteiger partial charge is 0.357 e. The van der Waals surface area contributed by atoms with Gasteiger partial charge in [-0.05, 0) is 77.9 Å². The van der Waals surface area contributed by atoms with Gasteiger partial charge in [0.1, 0.15) is 29.7 Å². The average molecular weight is 953 g/mol. The normalized spacial score (nSPS) is 12.9. The molecule has 0 aliphatic heterocycles. The predicted molar refractivity (Wildman–Crippen MR) is 264 cm³/mol. The summed E-state index contributed by atoms with van der Waals surface area (Å²) in [7, 11) is 3.20. The van der Waals surface area contributed by atoms with E-state index in [0.717, 1.165) is 10.9 Å². The van der Waals surface area contributed by atoms with Crippen LogP contribution in [0.1, 0.15) is 60.7 Å². The molecule has 0 fully saturated rings. The molecule has 4 atom stereocenters. The van der Waals surface area contributed by atoms with Gasteiger partial charge in [-0.2, -0.15) is 0 Å². The van der Waals surface area contributed by atoms with Crippen LogP contribution in [-0.2, 0) is 40.4 Å². The quantitative estimate of drug-likeness (QED) is 0.0447. The van der Waals surface area contributed by atoms with Gasteiger partial charge in [0.15, 0.2) is 0 Å². The molecule has 70 heavy (non-hydrogen) atoms. The number of carbonyl (C=O) groups excluding carboxylic acids is 5. The van der Waals surface area contributed by atoms with Gasteiger partial charge in [-0.3, -0.25) is 25.0 Å². The molecule has 0 aliphatic carbocycles. The molecule has 3 aromatic carbocycles. The van der Waals surface area contributed by atoms with Gasteiger partial charge >= 0.3 is 18.0 Å². The fourth-order valence-corrected chi connectivity index (χ4v) is 7.61. The van der Waals surface area contributed by atoms with Crippen molar-refractivity contribution in [2.75, 3.05) is 20.6 Å². The number of hydrazine groups is 1. The van der Waals surface area contributed by atoms with Crippen molar-refractivity contribution in [3.05, 3.63) is 174 Å². The first kappa shape index (κ1) is 51.6. The van der Waals surface area contributed by atoms with Gasteiger partial charge in [0.05, 0.1) is 42.6 Å². The molecular formula is C53H61FN10O6. The Morgan fingerprint density at radius 1 is 0.600 bits per heavy atom.